The number of hydrogen-bond acceptors (Lipinski definition) is 5. The molecule has 0 amide bonds. The van der Waals surface area contributed by atoms with E-state index in [1.165, 1.54) is 0 Å². The van der Waals surface area contributed by atoms with Crippen LogP contribution in [0.4, 0.5) is 0 Å². The van der Waals surface area contributed by atoms with Gasteiger partial charge in [-0.3, -0.25) is 0 Å². The number of nitrogens with zero attached hydrogens (tertiary/aromatic N) is 3. The molecule has 0 spiro atoms. The second kappa shape index (κ2) is 4.43. The molecule has 3 unspecified atom stereocenters. The molecule has 4 rings (SSSR count). The van der Waals surface area contributed by atoms with E-state index in [-0.39, 0.29) is 12.0 Å². The highest BCUT2D eigenvalue weighted by atomic mass is 16.5. The molecule has 1 aromatic carbocycles. The standard InChI is InChI=1S/C15H13N3O2/c16-8-9-1-3-10(4-2-9)15-17-14(18-20-15)12-7-11-5-6-13(12)19-11/h1-4,11-13H,5-7H2. The molecule has 5 nitrogen and oxygen atoms in total. The number of fused-ring (bicyclic) bond motifs is 2. The third-order valence-electron chi connectivity index (χ3n) is 4.14. The Labute approximate surface area is 116 Å². The number of benzene rings is 1. The van der Waals surface area contributed by atoms with Crippen molar-refractivity contribution >= 4 is 0 Å². The van der Waals surface area contributed by atoms with Crippen LogP contribution >= 0.6 is 0 Å². The Hall–Kier alpha value is -2.19. The summed E-state index contributed by atoms with van der Waals surface area (Å²) in [5.74, 6) is 1.52. The first-order chi connectivity index (χ1) is 9.83. The van der Waals surface area contributed by atoms with Crippen LogP contribution in [-0.4, -0.2) is 22.3 Å². The van der Waals surface area contributed by atoms with Gasteiger partial charge in [-0.1, -0.05) is 5.16 Å². The van der Waals surface area contributed by atoms with Gasteiger partial charge in [-0.05, 0) is 43.5 Å². The van der Waals surface area contributed by atoms with Crippen molar-refractivity contribution in [1.29, 1.82) is 5.26 Å². The van der Waals surface area contributed by atoms with Crippen molar-refractivity contribution in [3.63, 3.8) is 0 Å². The molecule has 0 saturated carbocycles. The normalized spacial score (nSPS) is 27.6. The van der Waals surface area contributed by atoms with E-state index >= 15 is 0 Å². The topological polar surface area (TPSA) is 71.9 Å². The average molecular weight is 267 g/mol. The summed E-state index contributed by atoms with van der Waals surface area (Å²) in [4.78, 5) is 4.50. The van der Waals surface area contributed by atoms with Crippen molar-refractivity contribution in [3.8, 4) is 17.5 Å². The minimum Gasteiger partial charge on any atom is -0.374 e. The Morgan fingerprint density at radius 3 is 2.70 bits per heavy atom. The van der Waals surface area contributed by atoms with Crippen LogP contribution in [-0.2, 0) is 4.74 Å². The third kappa shape index (κ3) is 1.81. The third-order valence-corrected chi connectivity index (χ3v) is 4.14. The summed E-state index contributed by atoms with van der Waals surface area (Å²) in [6.45, 7) is 0. The van der Waals surface area contributed by atoms with Gasteiger partial charge in [0.15, 0.2) is 5.82 Å². The number of aromatic nitrogens is 2. The molecular formula is C15H13N3O2. The molecule has 2 aromatic rings. The maximum absolute atomic E-state index is 8.79. The summed E-state index contributed by atoms with van der Waals surface area (Å²) < 4.78 is 11.2. The summed E-state index contributed by atoms with van der Waals surface area (Å²) in [6.07, 6.45) is 3.88. The van der Waals surface area contributed by atoms with Crippen molar-refractivity contribution in [2.24, 2.45) is 0 Å². The summed E-state index contributed by atoms with van der Waals surface area (Å²) in [6, 6.07) is 9.24. The number of rotatable bonds is 2. The van der Waals surface area contributed by atoms with Gasteiger partial charge in [-0.15, -0.1) is 0 Å². The highest BCUT2D eigenvalue weighted by molar-refractivity contribution is 5.54. The van der Waals surface area contributed by atoms with Crippen LogP contribution in [0.3, 0.4) is 0 Å². The molecule has 5 heteroatoms. The van der Waals surface area contributed by atoms with Gasteiger partial charge in [0, 0.05) is 5.56 Å². The van der Waals surface area contributed by atoms with Crippen molar-refractivity contribution in [3.05, 3.63) is 35.7 Å². The summed E-state index contributed by atoms with van der Waals surface area (Å²) in [7, 11) is 0. The molecule has 0 radical (unpaired) electrons. The Morgan fingerprint density at radius 2 is 2.05 bits per heavy atom. The van der Waals surface area contributed by atoms with Gasteiger partial charge in [-0.2, -0.15) is 10.2 Å². The van der Waals surface area contributed by atoms with E-state index in [1.54, 1.807) is 12.1 Å². The van der Waals surface area contributed by atoms with Crippen LogP contribution in [0, 0.1) is 11.3 Å². The van der Waals surface area contributed by atoms with E-state index in [2.05, 4.69) is 16.2 Å². The lowest BCUT2D eigenvalue weighted by atomic mass is 9.89. The Kier molecular flexibility index (Phi) is 2.57. The molecule has 3 heterocycles. The van der Waals surface area contributed by atoms with Gasteiger partial charge in [0.05, 0.1) is 29.8 Å². The average Bonchev–Trinajstić information content (AvgIpc) is 3.23. The molecule has 1 aromatic heterocycles. The monoisotopic (exact) mass is 267 g/mol. The fraction of sp³-hybridized carbons (Fsp3) is 0.400. The van der Waals surface area contributed by atoms with Crippen molar-refractivity contribution in [1.82, 2.24) is 10.1 Å². The van der Waals surface area contributed by atoms with E-state index in [9.17, 15) is 0 Å². The molecule has 2 saturated heterocycles. The van der Waals surface area contributed by atoms with Gasteiger partial charge < -0.3 is 9.26 Å². The molecule has 20 heavy (non-hydrogen) atoms. The second-order valence-corrected chi connectivity index (χ2v) is 5.36. The zero-order valence-corrected chi connectivity index (χ0v) is 10.8. The van der Waals surface area contributed by atoms with Crippen LogP contribution < -0.4 is 0 Å². The summed E-state index contributed by atoms with van der Waals surface area (Å²) in [5, 5.41) is 12.9. The zero-order chi connectivity index (χ0) is 13.5. The van der Waals surface area contributed by atoms with Crippen molar-refractivity contribution < 1.29 is 9.26 Å². The first-order valence-corrected chi connectivity index (χ1v) is 6.83. The van der Waals surface area contributed by atoms with Gasteiger partial charge in [0.1, 0.15) is 0 Å². The van der Waals surface area contributed by atoms with Crippen molar-refractivity contribution in [2.75, 3.05) is 0 Å². The first-order valence-electron chi connectivity index (χ1n) is 6.83. The molecule has 0 N–H and O–H groups in total. The maximum atomic E-state index is 8.79. The molecule has 0 aliphatic carbocycles. The molecule has 2 fully saturated rings. The Balaban J connectivity index is 1.60. The van der Waals surface area contributed by atoms with E-state index in [0.717, 1.165) is 30.7 Å². The van der Waals surface area contributed by atoms with Crippen molar-refractivity contribution in [2.45, 2.75) is 37.4 Å². The Bertz CT molecular complexity index is 671. The number of hydrogen-bond donors (Lipinski definition) is 0. The summed E-state index contributed by atoms with van der Waals surface area (Å²) in [5.41, 5.74) is 1.46. The Morgan fingerprint density at radius 1 is 1.20 bits per heavy atom. The highest BCUT2D eigenvalue weighted by Gasteiger charge is 2.43. The zero-order valence-electron chi connectivity index (χ0n) is 10.8. The lowest BCUT2D eigenvalue weighted by Crippen LogP contribution is -2.15. The lowest BCUT2D eigenvalue weighted by molar-refractivity contribution is 0.0996. The highest BCUT2D eigenvalue weighted by Crippen LogP contribution is 2.43. The largest absolute Gasteiger partial charge is 0.374 e. The van der Waals surface area contributed by atoms with Gasteiger partial charge in [0.2, 0.25) is 0 Å². The SMILES string of the molecule is N#Cc1ccc(-c2nc(C3CC4CCC3O4)no2)cc1. The second-order valence-electron chi connectivity index (χ2n) is 5.36. The van der Waals surface area contributed by atoms with E-state index in [4.69, 9.17) is 14.5 Å². The minimum atomic E-state index is 0.256. The predicted octanol–water partition coefficient (Wildman–Crippen LogP) is 2.64. The summed E-state index contributed by atoms with van der Waals surface area (Å²) >= 11 is 0. The van der Waals surface area contributed by atoms with Crippen LogP contribution in [0.15, 0.2) is 28.8 Å². The van der Waals surface area contributed by atoms with Crippen LogP contribution in [0.1, 0.15) is 36.6 Å². The molecule has 2 aliphatic rings. The lowest BCUT2D eigenvalue weighted by Gasteiger charge is -2.13. The van der Waals surface area contributed by atoms with Crippen LogP contribution in [0.2, 0.25) is 0 Å². The van der Waals surface area contributed by atoms with Gasteiger partial charge in [-0.25, -0.2) is 0 Å². The number of ether oxygens (including phenoxy) is 1. The van der Waals surface area contributed by atoms with Gasteiger partial charge in [0.25, 0.3) is 5.89 Å². The fourth-order valence-corrected chi connectivity index (χ4v) is 3.10. The van der Waals surface area contributed by atoms with Crippen LogP contribution in [0.5, 0.6) is 0 Å². The van der Waals surface area contributed by atoms with Gasteiger partial charge >= 0.3 is 0 Å². The molecule has 100 valence electrons. The predicted molar refractivity (Wildman–Crippen MR) is 69.7 cm³/mol. The molecule has 2 bridgehead atoms. The minimum absolute atomic E-state index is 0.256. The smallest absolute Gasteiger partial charge is 0.257 e. The fourth-order valence-electron chi connectivity index (χ4n) is 3.10. The molecule has 3 atom stereocenters. The molecule has 2 aliphatic heterocycles. The van der Waals surface area contributed by atoms with E-state index < -0.39 is 0 Å². The van der Waals surface area contributed by atoms with E-state index in [1.807, 2.05) is 12.1 Å². The first kappa shape index (κ1) is 11.6. The maximum Gasteiger partial charge on any atom is 0.257 e. The van der Waals surface area contributed by atoms with Crippen LogP contribution in [0.25, 0.3) is 11.5 Å². The molecular weight excluding hydrogens is 254 g/mol. The van der Waals surface area contributed by atoms with E-state index in [0.29, 0.717) is 17.6 Å². The quantitative estimate of drug-likeness (QED) is 0.836. The number of nitriles is 1.